The van der Waals surface area contributed by atoms with E-state index in [1.54, 1.807) is 24.4 Å². The molecule has 2 aliphatic rings. The summed E-state index contributed by atoms with van der Waals surface area (Å²) in [6.45, 7) is 5.69. The largest absolute Gasteiger partial charge is 0.509 e. The van der Waals surface area contributed by atoms with Crippen molar-refractivity contribution in [1.82, 2.24) is 15.3 Å². The fraction of sp³-hybridized carbons (Fsp3) is 0.545. The van der Waals surface area contributed by atoms with Crippen LogP contribution >= 0.6 is 0 Å². The highest BCUT2D eigenvalue weighted by molar-refractivity contribution is 5.79. The third kappa shape index (κ3) is 4.85. The maximum atomic E-state index is 12.0. The van der Waals surface area contributed by atoms with Crippen LogP contribution in [0.2, 0.25) is 0 Å². The Morgan fingerprint density at radius 3 is 2.69 bits per heavy atom. The van der Waals surface area contributed by atoms with Gasteiger partial charge in [-0.3, -0.25) is 4.98 Å². The van der Waals surface area contributed by atoms with Crippen molar-refractivity contribution in [3.63, 3.8) is 0 Å². The number of carbonyl (C=O) groups excluding carboxylic acids is 2. The Hall–Kier alpha value is -3.14. The molecule has 4 heterocycles. The number of alkyl carbamates (subject to hydrolysis) is 1. The summed E-state index contributed by atoms with van der Waals surface area (Å²) in [6, 6.07) is 5.08. The molecule has 1 amide bonds. The van der Waals surface area contributed by atoms with Crippen LogP contribution in [0.25, 0.3) is 11.0 Å². The molecule has 2 aromatic heterocycles. The minimum absolute atomic E-state index is 0.190. The summed E-state index contributed by atoms with van der Waals surface area (Å²) in [4.78, 5) is 32.9. The van der Waals surface area contributed by atoms with Crippen LogP contribution in [-0.2, 0) is 18.9 Å². The molecule has 2 saturated heterocycles. The van der Waals surface area contributed by atoms with Gasteiger partial charge in [-0.15, -0.1) is 0 Å². The van der Waals surface area contributed by atoms with Crippen molar-refractivity contribution in [2.75, 3.05) is 13.7 Å². The van der Waals surface area contributed by atoms with Gasteiger partial charge >= 0.3 is 12.2 Å². The maximum absolute atomic E-state index is 12.0. The van der Waals surface area contributed by atoms with E-state index in [9.17, 15) is 9.59 Å². The van der Waals surface area contributed by atoms with Crippen LogP contribution in [0.3, 0.4) is 0 Å². The molecule has 2 fully saturated rings. The lowest BCUT2D eigenvalue weighted by atomic mass is 9.94. The van der Waals surface area contributed by atoms with Crippen molar-refractivity contribution in [1.29, 1.82) is 0 Å². The summed E-state index contributed by atoms with van der Waals surface area (Å²) >= 11 is 0. The fourth-order valence-electron chi connectivity index (χ4n) is 3.87. The summed E-state index contributed by atoms with van der Waals surface area (Å²) in [5.41, 5.74) is 1.31. The van der Waals surface area contributed by atoms with Gasteiger partial charge in [0.2, 0.25) is 5.88 Å². The van der Waals surface area contributed by atoms with E-state index in [2.05, 4.69) is 15.3 Å². The first kappa shape index (κ1) is 22.1. The van der Waals surface area contributed by atoms with E-state index in [1.165, 1.54) is 7.11 Å². The summed E-state index contributed by atoms with van der Waals surface area (Å²) in [5.74, 6) is 0.429. The monoisotopic (exact) mass is 445 g/mol. The molecule has 2 aliphatic heterocycles. The number of nitrogens with zero attached hydrogens (tertiary/aromatic N) is 2. The lowest BCUT2D eigenvalue weighted by Crippen LogP contribution is -2.47. The van der Waals surface area contributed by atoms with Gasteiger partial charge in [0, 0.05) is 17.8 Å². The predicted molar refractivity (Wildman–Crippen MR) is 112 cm³/mol. The molecular weight excluding hydrogens is 418 g/mol. The van der Waals surface area contributed by atoms with E-state index in [1.807, 2.05) is 20.8 Å². The number of fused-ring (bicyclic) bond motifs is 1. The van der Waals surface area contributed by atoms with Gasteiger partial charge in [-0.2, -0.15) is 0 Å². The average Bonchev–Trinajstić information content (AvgIpc) is 3.13. The van der Waals surface area contributed by atoms with E-state index in [0.717, 1.165) is 0 Å². The van der Waals surface area contributed by atoms with Crippen molar-refractivity contribution < 1.29 is 33.3 Å². The zero-order valence-corrected chi connectivity index (χ0v) is 18.5. The van der Waals surface area contributed by atoms with E-state index in [0.29, 0.717) is 35.3 Å². The minimum Gasteiger partial charge on any atom is -0.481 e. The number of hydrogen-bond acceptors (Lipinski definition) is 9. The molecular formula is C22H27N3O7. The number of aromatic nitrogens is 2. The molecule has 32 heavy (non-hydrogen) atoms. The maximum Gasteiger partial charge on any atom is 0.509 e. The van der Waals surface area contributed by atoms with Crippen molar-refractivity contribution in [2.24, 2.45) is 0 Å². The zero-order chi connectivity index (χ0) is 22.9. The van der Waals surface area contributed by atoms with E-state index >= 15 is 0 Å². The number of nitrogens with one attached hydrogen (secondary N) is 1. The lowest BCUT2D eigenvalue weighted by molar-refractivity contribution is -0.0744. The number of amides is 1. The van der Waals surface area contributed by atoms with E-state index in [-0.39, 0.29) is 12.6 Å². The zero-order valence-electron chi connectivity index (χ0n) is 18.5. The van der Waals surface area contributed by atoms with Crippen molar-refractivity contribution >= 4 is 23.3 Å². The van der Waals surface area contributed by atoms with Crippen LogP contribution in [0.1, 0.15) is 45.3 Å². The van der Waals surface area contributed by atoms with Gasteiger partial charge in [-0.05, 0) is 45.7 Å². The summed E-state index contributed by atoms with van der Waals surface area (Å²) in [6.07, 6.45) is -0.135. The first-order chi connectivity index (χ1) is 15.2. The van der Waals surface area contributed by atoms with Crippen LogP contribution in [0.15, 0.2) is 24.4 Å². The molecule has 10 nitrogen and oxygen atoms in total. The highest BCUT2D eigenvalue weighted by Crippen LogP contribution is 2.38. The molecule has 0 saturated carbocycles. The first-order valence-electron chi connectivity index (χ1n) is 10.5. The van der Waals surface area contributed by atoms with Gasteiger partial charge < -0.3 is 29.0 Å². The molecule has 10 heteroatoms. The third-order valence-corrected chi connectivity index (χ3v) is 5.26. The summed E-state index contributed by atoms with van der Waals surface area (Å²) in [7, 11) is 1.53. The quantitative estimate of drug-likeness (QED) is 0.707. The molecule has 4 rings (SSSR count). The Labute approximate surface area is 185 Å². The van der Waals surface area contributed by atoms with Gasteiger partial charge in [0.1, 0.15) is 5.60 Å². The molecule has 0 aliphatic carbocycles. The van der Waals surface area contributed by atoms with Crippen LogP contribution in [0.5, 0.6) is 5.88 Å². The Morgan fingerprint density at radius 2 is 2.00 bits per heavy atom. The first-order valence-corrected chi connectivity index (χ1v) is 10.5. The Kier molecular flexibility index (Phi) is 6.05. The van der Waals surface area contributed by atoms with Gasteiger partial charge in [0.25, 0.3) is 0 Å². The normalized spacial score (nSPS) is 25.7. The highest BCUT2D eigenvalue weighted by Gasteiger charge is 2.46. The smallest absolute Gasteiger partial charge is 0.481 e. The fourth-order valence-corrected chi connectivity index (χ4v) is 3.87. The lowest BCUT2D eigenvalue weighted by Gasteiger charge is -2.33. The predicted octanol–water partition coefficient (Wildman–Crippen LogP) is 3.29. The van der Waals surface area contributed by atoms with Crippen LogP contribution in [-0.4, -0.2) is 59.8 Å². The van der Waals surface area contributed by atoms with Crippen molar-refractivity contribution in [3.05, 3.63) is 30.0 Å². The molecule has 4 atom stereocenters. The minimum atomic E-state index is -0.759. The average molecular weight is 445 g/mol. The Bertz CT molecular complexity index is 999. The standard InChI is InChI=1S/C22H27N3O7/c1-22(2,3)32-20(26)24-12-5-7-15(29-11-12)19-18(30-21(27)31-19)13-9-10-23-14-6-8-16(28-4)25-17(13)14/h6,8-10,12,15,18-19H,5,7,11H2,1-4H3,(H,24,26)/t12-,15+,18+,19+/m1/s1. The third-order valence-electron chi connectivity index (χ3n) is 5.26. The number of carbonyl (C=O) groups is 2. The molecule has 2 aromatic rings. The van der Waals surface area contributed by atoms with Crippen molar-refractivity contribution in [2.45, 2.75) is 63.6 Å². The second-order valence-electron chi connectivity index (χ2n) is 8.78. The van der Waals surface area contributed by atoms with Crippen LogP contribution in [0, 0.1) is 0 Å². The molecule has 1 N–H and O–H groups in total. The Morgan fingerprint density at radius 1 is 1.19 bits per heavy atom. The number of cyclic esters (lactones) is 2. The van der Waals surface area contributed by atoms with Gasteiger partial charge in [-0.25, -0.2) is 14.6 Å². The molecule has 0 spiro atoms. The number of methoxy groups -OCH3 is 1. The van der Waals surface area contributed by atoms with Gasteiger partial charge in [-0.1, -0.05) is 0 Å². The highest BCUT2D eigenvalue weighted by atomic mass is 16.8. The molecule has 0 unspecified atom stereocenters. The number of rotatable bonds is 4. The topological polar surface area (TPSA) is 118 Å². The number of pyridine rings is 2. The van der Waals surface area contributed by atoms with Crippen LogP contribution < -0.4 is 10.1 Å². The van der Waals surface area contributed by atoms with Gasteiger partial charge in [0.05, 0.1) is 36.9 Å². The molecule has 172 valence electrons. The summed E-state index contributed by atoms with van der Waals surface area (Å²) < 4.78 is 27.5. The van der Waals surface area contributed by atoms with Crippen LogP contribution in [0.4, 0.5) is 9.59 Å². The SMILES string of the molecule is COc1ccc2nccc([C@@H]3OC(=O)O[C@H]3[C@@H]3CC[C@@H](NC(=O)OC(C)(C)C)CO3)c2n1. The number of hydrogen-bond donors (Lipinski definition) is 1. The molecule has 0 bridgehead atoms. The Balaban J connectivity index is 1.47. The second kappa shape index (κ2) is 8.78. The van der Waals surface area contributed by atoms with Gasteiger partial charge in [0.15, 0.2) is 12.2 Å². The van der Waals surface area contributed by atoms with E-state index < -0.39 is 36.2 Å². The second-order valence-corrected chi connectivity index (χ2v) is 8.78. The summed E-state index contributed by atoms with van der Waals surface area (Å²) in [5, 5.41) is 2.82. The van der Waals surface area contributed by atoms with E-state index in [4.69, 9.17) is 23.7 Å². The van der Waals surface area contributed by atoms with Crippen molar-refractivity contribution in [3.8, 4) is 5.88 Å². The number of ether oxygens (including phenoxy) is 5. The molecule has 0 radical (unpaired) electrons. The molecule has 0 aromatic carbocycles.